The van der Waals surface area contributed by atoms with Gasteiger partial charge < -0.3 is 0 Å². The minimum Gasteiger partial charge on any atom is -0.117 e. The molecule has 42 valence electrons. The van der Waals surface area contributed by atoms with Crippen LogP contribution in [0.1, 0.15) is 0 Å². The van der Waals surface area contributed by atoms with E-state index in [1.165, 1.54) is 0 Å². The summed E-state index contributed by atoms with van der Waals surface area (Å²) in [6, 6.07) is 5.86. The van der Waals surface area contributed by atoms with Crippen LogP contribution in [0.4, 0.5) is 0 Å². The van der Waals surface area contributed by atoms with Crippen LogP contribution in [0.3, 0.4) is 0 Å². The molecule has 0 unspecified atom stereocenters. The van der Waals surface area contributed by atoms with Crippen LogP contribution >= 0.6 is 32.1 Å². The summed E-state index contributed by atoms with van der Waals surface area (Å²) in [5.74, 6) is 0. The van der Waals surface area contributed by atoms with Gasteiger partial charge in [-0.05, 0) is 6.07 Å². The SMILES string of the molecule is Brc1cccc[n+]1Br. The van der Waals surface area contributed by atoms with E-state index in [1.807, 2.05) is 28.0 Å². The summed E-state index contributed by atoms with van der Waals surface area (Å²) >= 11 is 6.58. The standard InChI is InChI=1S/C5H4Br2N/c6-5-3-1-2-4-8(5)7/h1-4H/q+1. The molecule has 8 heavy (non-hydrogen) atoms. The predicted molar refractivity (Wildman–Crippen MR) is 38.7 cm³/mol. The lowest BCUT2D eigenvalue weighted by molar-refractivity contribution is -0.487. The van der Waals surface area contributed by atoms with Gasteiger partial charge in [-0.2, -0.15) is 0 Å². The van der Waals surface area contributed by atoms with Crippen molar-refractivity contribution in [1.82, 2.24) is 0 Å². The first-order valence-electron chi connectivity index (χ1n) is 2.13. The van der Waals surface area contributed by atoms with Gasteiger partial charge in [-0.1, -0.05) is 0 Å². The van der Waals surface area contributed by atoms with Crippen molar-refractivity contribution in [3.05, 3.63) is 29.0 Å². The highest BCUT2D eigenvalue weighted by molar-refractivity contribution is 9.11. The average Bonchev–Trinajstić information content (AvgIpc) is 1.77. The lowest BCUT2D eigenvalue weighted by Gasteiger charge is -1.81. The molecule has 1 aromatic heterocycles. The van der Waals surface area contributed by atoms with Crippen LogP contribution in [0.25, 0.3) is 0 Å². The Morgan fingerprint density at radius 2 is 2.12 bits per heavy atom. The van der Waals surface area contributed by atoms with Crippen molar-refractivity contribution in [2.45, 2.75) is 0 Å². The van der Waals surface area contributed by atoms with E-state index in [1.54, 1.807) is 0 Å². The summed E-state index contributed by atoms with van der Waals surface area (Å²) in [7, 11) is 0. The highest BCUT2D eigenvalue weighted by Crippen LogP contribution is 2.00. The zero-order chi connectivity index (χ0) is 5.98. The van der Waals surface area contributed by atoms with E-state index in [0.29, 0.717) is 0 Å². The van der Waals surface area contributed by atoms with E-state index in [4.69, 9.17) is 0 Å². The van der Waals surface area contributed by atoms with Crippen LogP contribution in [-0.2, 0) is 0 Å². The molecule has 1 rings (SSSR count). The third-order valence-corrected chi connectivity index (χ3v) is 2.51. The molecule has 0 N–H and O–H groups in total. The van der Waals surface area contributed by atoms with E-state index >= 15 is 0 Å². The molecule has 0 spiro atoms. The molecule has 0 aliphatic carbocycles. The second kappa shape index (κ2) is 2.60. The summed E-state index contributed by atoms with van der Waals surface area (Å²) in [4.78, 5) is 0. The van der Waals surface area contributed by atoms with Crippen LogP contribution < -0.4 is 3.59 Å². The predicted octanol–water partition coefficient (Wildman–Crippen LogP) is 1.89. The summed E-state index contributed by atoms with van der Waals surface area (Å²) in [5.41, 5.74) is 0. The van der Waals surface area contributed by atoms with Gasteiger partial charge in [0.25, 0.3) is 4.60 Å². The van der Waals surface area contributed by atoms with Crippen LogP contribution in [0, 0.1) is 0 Å². The summed E-state index contributed by atoms with van der Waals surface area (Å²) in [6.45, 7) is 0. The Morgan fingerprint density at radius 3 is 2.50 bits per heavy atom. The summed E-state index contributed by atoms with van der Waals surface area (Å²) in [5, 5.41) is 0. The van der Waals surface area contributed by atoms with Crippen molar-refractivity contribution in [3.63, 3.8) is 0 Å². The lowest BCUT2D eigenvalue weighted by atomic mass is 10.5. The van der Waals surface area contributed by atoms with Gasteiger partial charge in [-0.3, -0.25) is 0 Å². The van der Waals surface area contributed by atoms with Crippen LogP contribution in [0.5, 0.6) is 0 Å². The van der Waals surface area contributed by atoms with Gasteiger partial charge in [-0.15, -0.1) is 3.59 Å². The van der Waals surface area contributed by atoms with Crippen LogP contribution in [-0.4, -0.2) is 0 Å². The number of hydrogen-bond acceptors (Lipinski definition) is 0. The number of halogens is 2. The molecule has 0 bridgehead atoms. The Bertz CT molecular complexity index is 167. The molecule has 1 aromatic rings. The van der Waals surface area contributed by atoms with Crippen molar-refractivity contribution in [2.24, 2.45) is 0 Å². The van der Waals surface area contributed by atoms with Gasteiger partial charge in [-0.25, -0.2) is 0 Å². The number of rotatable bonds is 0. The molecule has 0 radical (unpaired) electrons. The second-order valence-electron chi connectivity index (χ2n) is 1.33. The molecule has 3 heteroatoms. The van der Waals surface area contributed by atoms with E-state index in [0.717, 1.165) is 4.60 Å². The molecule has 0 saturated carbocycles. The first kappa shape index (κ1) is 6.23. The van der Waals surface area contributed by atoms with Crippen molar-refractivity contribution in [3.8, 4) is 0 Å². The average molecular weight is 238 g/mol. The van der Waals surface area contributed by atoms with E-state index in [9.17, 15) is 0 Å². The van der Waals surface area contributed by atoms with Gasteiger partial charge in [0.1, 0.15) is 0 Å². The van der Waals surface area contributed by atoms with Crippen molar-refractivity contribution in [2.75, 3.05) is 0 Å². The molecular formula is C5H4Br2N+. The molecule has 1 nitrogen and oxygen atoms in total. The Balaban J connectivity index is 3.13. The third kappa shape index (κ3) is 1.29. The topological polar surface area (TPSA) is 3.88 Å². The second-order valence-corrected chi connectivity index (χ2v) is 2.91. The fourth-order valence-electron chi connectivity index (χ4n) is 0.403. The van der Waals surface area contributed by atoms with E-state index in [2.05, 4.69) is 32.1 Å². The maximum Gasteiger partial charge on any atom is 0.332 e. The smallest absolute Gasteiger partial charge is 0.117 e. The van der Waals surface area contributed by atoms with E-state index < -0.39 is 0 Å². The highest BCUT2D eigenvalue weighted by atomic mass is 79.9. The molecular weight excluding hydrogens is 234 g/mol. The maximum atomic E-state index is 3.31. The number of nitrogens with zero attached hydrogens (tertiary/aromatic N) is 1. The van der Waals surface area contributed by atoms with E-state index in [-0.39, 0.29) is 0 Å². The maximum absolute atomic E-state index is 3.31. The van der Waals surface area contributed by atoms with Gasteiger partial charge in [0, 0.05) is 28.1 Å². The fraction of sp³-hybridized carbons (Fsp3) is 0. The molecule has 0 aliphatic heterocycles. The number of hydrogen-bond donors (Lipinski definition) is 0. The van der Waals surface area contributed by atoms with Crippen LogP contribution in [0.2, 0.25) is 0 Å². The zero-order valence-electron chi connectivity index (χ0n) is 4.01. The number of aromatic nitrogens is 1. The minimum absolute atomic E-state index is 1.01. The normalized spacial score (nSPS) is 9.25. The van der Waals surface area contributed by atoms with Crippen molar-refractivity contribution in [1.29, 1.82) is 0 Å². The van der Waals surface area contributed by atoms with Crippen LogP contribution in [0.15, 0.2) is 29.0 Å². The fourth-order valence-corrected chi connectivity index (χ4v) is 0.928. The van der Waals surface area contributed by atoms with Gasteiger partial charge in [0.05, 0.1) is 0 Å². The molecule has 1 heterocycles. The minimum atomic E-state index is 1.01. The summed E-state index contributed by atoms with van der Waals surface area (Å²) < 4.78 is 2.83. The van der Waals surface area contributed by atoms with Gasteiger partial charge >= 0.3 is 16.1 Å². The zero-order valence-corrected chi connectivity index (χ0v) is 7.18. The molecule has 0 amide bonds. The van der Waals surface area contributed by atoms with Gasteiger partial charge in [0.15, 0.2) is 6.20 Å². The third-order valence-electron chi connectivity index (χ3n) is 0.766. The quantitative estimate of drug-likeness (QED) is 0.607. The highest BCUT2D eigenvalue weighted by Gasteiger charge is 1.97. The Morgan fingerprint density at radius 1 is 1.38 bits per heavy atom. The van der Waals surface area contributed by atoms with Gasteiger partial charge in [0.2, 0.25) is 0 Å². The largest absolute Gasteiger partial charge is 0.332 e. The Hall–Kier alpha value is 0.110. The van der Waals surface area contributed by atoms with Crippen molar-refractivity contribution < 1.29 is 3.59 Å². The molecule has 0 saturated heterocycles. The Labute approximate surface area is 64.8 Å². The Kier molecular flexibility index (Phi) is 2.02. The molecule has 0 aliphatic rings. The molecule has 0 fully saturated rings. The molecule has 0 atom stereocenters. The first-order chi connectivity index (χ1) is 3.80. The number of pyridine rings is 1. The van der Waals surface area contributed by atoms with Crippen molar-refractivity contribution >= 4 is 32.1 Å². The molecule has 0 aromatic carbocycles. The summed E-state index contributed by atoms with van der Waals surface area (Å²) in [6.07, 6.45) is 1.91. The first-order valence-corrected chi connectivity index (χ1v) is 3.63. The monoisotopic (exact) mass is 236 g/mol. The lowest BCUT2D eigenvalue weighted by Crippen LogP contribution is -2.18.